The molecule has 1 aliphatic heterocycles. The number of aryl methyl sites for hydroxylation is 1. The van der Waals surface area contributed by atoms with E-state index in [0.29, 0.717) is 35.9 Å². The van der Waals surface area contributed by atoms with E-state index in [1.165, 1.54) is 0 Å². The second kappa shape index (κ2) is 6.17. The number of nitrogens with one attached hydrogen (secondary N) is 1. The van der Waals surface area contributed by atoms with Crippen molar-refractivity contribution in [3.8, 4) is 0 Å². The number of hydrogen-bond donors (Lipinski definition) is 3. The Morgan fingerprint density at radius 2 is 2.35 bits per heavy atom. The number of nitrogens with zero attached hydrogens (tertiary/aromatic N) is 4. The van der Waals surface area contributed by atoms with Crippen molar-refractivity contribution in [1.82, 2.24) is 19.7 Å². The molecule has 0 saturated heterocycles. The van der Waals surface area contributed by atoms with Gasteiger partial charge in [-0.1, -0.05) is 6.07 Å². The third-order valence-corrected chi connectivity index (χ3v) is 3.72. The lowest BCUT2D eigenvalue weighted by atomic mass is 9.97. The third-order valence-electron chi connectivity index (χ3n) is 3.72. The molecule has 8 heteroatoms. The highest BCUT2D eigenvalue weighted by Crippen LogP contribution is 2.34. The summed E-state index contributed by atoms with van der Waals surface area (Å²) in [6, 6.07) is 3.21. The summed E-state index contributed by atoms with van der Waals surface area (Å²) in [7, 11) is 0. The molecule has 2 aromatic rings. The number of rotatable bonds is 5. The van der Waals surface area contributed by atoms with Gasteiger partial charge >= 0.3 is 0 Å². The molecule has 0 fully saturated rings. The fraction of sp³-hybridized carbons (Fsp3) is 0.333. The van der Waals surface area contributed by atoms with Crippen LogP contribution in [0.1, 0.15) is 30.8 Å². The Hall–Kier alpha value is -2.74. The second-order valence-corrected chi connectivity index (χ2v) is 5.34. The summed E-state index contributed by atoms with van der Waals surface area (Å²) in [5.41, 5.74) is 7.47. The van der Waals surface area contributed by atoms with E-state index in [0.717, 1.165) is 5.56 Å². The summed E-state index contributed by atoms with van der Waals surface area (Å²) in [6.07, 6.45) is 4.49. The zero-order valence-electron chi connectivity index (χ0n) is 12.7. The fourth-order valence-electron chi connectivity index (χ4n) is 2.70. The molecule has 23 heavy (non-hydrogen) atoms. The van der Waals surface area contributed by atoms with Crippen molar-refractivity contribution in [2.75, 3.05) is 11.9 Å². The number of nitrogens with two attached hydrogens (primary N) is 1. The Kier molecular flexibility index (Phi) is 4.07. The minimum atomic E-state index is -0.512. The Morgan fingerprint density at radius 3 is 3.00 bits per heavy atom. The van der Waals surface area contributed by atoms with Crippen LogP contribution in [0.25, 0.3) is 0 Å². The van der Waals surface area contributed by atoms with Crippen molar-refractivity contribution in [3.63, 3.8) is 0 Å². The molecule has 2 aromatic heterocycles. The van der Waals surface area contributed by atoms with Gasteiger partial charge in [-0.3, -0.25) is 9.78 Å². The van der Waals surface area contributed by atoms with Crippen LogP contribution < -0.4 is 11.1 Å². The monoisotopic (exact) mass is 314 g/mol. The lowest BCUT2D eigenvalue weighted by molar-refractivity contribution is -0.115. The SMILES string of the molecule is CC1=C(C(N)=O)[C@@H](c2cccnc2)n2nc(CCCO)nc2N1. The van der Waals surface area contributed by atoms with E-state index in [-0.39, 0.29) is 6.61 Å². The van der Waals surface area contributed by atoms with E-state index >= 15 is 0 Å². The molecule has 1 aliphatic rings. The molecule has 0 radical (unpaired) electrons. The van der Waals surface area contributed by atoms with Gasteiger partial charge in [0, 0.05) is 31.1 Å². The number of carbonyl (C=O) groups excluding carboxylic acids is 1. The first-order valence-electron chi connectivity index (χ1n) is 7.35. The lowest BCUT2D eigenvalue weighted by Crippen LogP contribution is -2.31. The molecule has 8 nitrogen and oxygen atoms in total. The summed E-state index contributed by atoms with van der Waals surface area (Å²) < 4.78 is 1.65. The minimum Gasteiger partial charge on any atom is -0.396 e. The Bertz CT molecular complexity index is 753. The number of aliphatic hydroxyl groups excluding tert-OH is 1. The van der Waals surface area contributed by atoms with Crippen LogP contribution in [0.3, 0.4) is 0 Å². The van der Waals surface area contributed by atoms with Gasteiger partial charge in [0.1, 0.15) is 6.04 Å². The summed E-state index contributed by atoms with van der Waals surface area (Å²) in [5, 5.41) is 16.5. The average molecular weight is 314 g/mol. The van der Waals surface area contributed by atoms with Gasteiger partial charge in [0.15, 0.2) is 5.82 Å². The molecule has 0 aromatic carbocycles. The predicted molar refractivity (Wildman–Crippen MR) is 83.3 cm³/mol. The van der Waals surface area contributed by atoms with Crippen LogP contribution >= 0.6 is 0 Å². The van der Waals surface area contributed by atoms with E-state index in [1.54, 1.807) is 30.1 Å². The summed E-state index contributed by atoms with van der Waals surface area (Å²) in [5.74, 6) is 0.644. The molecule has 3 rings (SSSR count). The van der Waals surface area contributed by atoms with Gasteiger partial charge in [0.05, 0.1) is 5.57 Å². The van der Waals surface area contributed by atoms with Gasteiger partial charge in [-0.2, -0.15) is 10.1 Å². The van der Waals surface area contributed by atoms with E-state index in [4.69, 9.17) is 10.8 Å². The molecule has 3 heterocycles. The van der Waals surface area contributed by atoms with Crippen molar-refractivity contribution in [2.45, 2.75) is 25.8 Å². The largest absolute Gasteiger partial charge is 0.396 e. The molecule has 1 atom stereocenters. The Morgan fingerprint density at radius 1 is 1.52 bits per heavy atom. The van der Waals surface area contributed by atoms with E-state index in [9.17, 15) is 4.79 Å². The maximum absolute atomic E-state index is 11.9. The van der Waals surface area contributed by atoms with Crippen LogP contribution in [-0.4, -0.2) is 37.4 Å². The maximum Gasteiger partial charge on any atom is 0.248 e. The Labute approximate surface area is 133 Å². The number of primary amides is 1. The second-order valence-electron chi connectivity index (χ2n) is 5.34. The summed E-state index contributed by atoms with van der Waals surface area (Å²) >= 11 is 0. The van der Waals surface area contributed by atoms with Crippen LogP contribution in [0.2, 0.25) is 0 Å². The molecule has 0 bridgehead atoms. The molecule has 4 N–H and O–H groups in total. The number of amides is 1. The van der Waals surface area contributed by atoms with Gasteiger partial charge in [-0.15, -0.1) is 0 Å². The van der Waals surface area contributed by atoms with E-state index < -0.39 is 11.9 Å². The molecule has 0 spiro atoms. The number of aromatic nitrogens is 4. The number of carbonyl (C=O) groups is 1. The van der Waals surface area contributed by atoms with Crippen LogP contribution in [-0.2, 0) is 11.2 Å². The van der Waals surface area contributed by atoms with Crippen molar-refractivity contribution in [1.29, 1.82) is 0 Å². The topological polar surface area (TPSA) is 119 Å². The van der Waals surface area contributed by atoms with Crippen LogP contribution in [0.4, 0.5) is 5.95 Å². The van der Waals surface area contributed by atoms with Crippen LogP contribution in [0.5, 0.6) is 0 Å². The van der Waals surface area contributed by atoms with Crippen molar-refractivity contribution in [2.24, 2.45) is 5.73 Å². The number of allylic oxidation sites excluding steroid dienone is 1. The van der Waals surface area contributed by atoms with Gasteiger partial charge in [-0.25, -0.2) is 4.68 Å². The standard InChI is InChI=1S/C15H18N6O2/c1-9-12(14(16)23)13(10-4-2-6-17-8-10)21-15(18-9)19-11(20-21)5-3-7-22/h2,4,6,8,13,22H,3,5,7H2,1H3,(H2,16,23)(H,18,19,20)/t13-/m1/s1. The van der Waals surface area contributed by atoms with Crippen molar-refractivity contribution >= 4 is 11.9 Å². The summed E-state index contributed by atoms with van der Waals surface area (Å²) in [4.78, 5) is 20.5. The highest BCUT2D eigenvalue weighted by molar-refractivity contribution is 5.95. The first-order valence-corrected chi connectivity index (χ1v) is 7.35. The zero-order valence-corrected chi connectivity index (χ0v) is 12.7. The Balaban J connectivity index is 2.09. The van der Waals surface area contributed by atoms with Crippen LogP contribution in [0, 0.1) is 0 Å². The maximum atomic E-state index is 11.9. The molecular weight excluding hydrogens is 296 g/mol. The zero-order chi connectivity index (χ0) is 16.4. The number of aliphatic hydroxyl groups is 1. The van der Waals surface area contributed by atoms with Crippen molar-refractivity contribution in [3.05, 3.63) is 47.2 Å². The molecule has 0 aliphatic carbocycles. The average Bonchev–Trinajstić information content (AvgIpc) is 2.94. The quantitative estimate of drug-likeness (QED) is 0.733. The molecule has 120 valence electrons. The fourth-order valence-corrected chi connectivity index (χ4v) is 2.70. The van der Waals surface area contributed by atoms with Crippen molar-refractivity contribution < 1.29 is 9.90 Å². The van der Waals surface area contributed by atoms with Gasteiger partial charge in [0.2, 0.25) is 11.9 Å². The van der Waals surface area contributed by atoms with Crippen LogP contribution in [0.15, 0.2) is 35.8 Å². The molecule has 0 saturated carbocycles. The normalized spacial score (nSPS) is 16.9. The highest BCUT2D eigenvalue weighted by atomic mass is 16.3. The number of hydrogen-bond acceptors (Lipinski definition) is 6. The number of fused-ring (bicyclic) bond motifs is 1. The molecule has 0 unspecified atom stereocenters. The van der Waals surface area contributed by atoms with Gasteiger partial charge in [0.25, 0.3) is 0 Å². The first-order chi connectivity index (χ1) is 11.1. The van der Waals surface area contributed by atoms with E-state index in [2.05, 4.69) is 20.4 Å². The van der Waals surface area contributed by atoms with Gasteiger partial charge in [-0.05, 0) is 25.0 Å². The molecular formula is C15H18N6O2. The molecule has 1 amide bonds. The number of anilines is 1. The smallest absolute Gasteiger partial charge is 0.248 e. The minimum absolute atomic E-state index is 0.0765. The third kappa shape index (κ3) is 2.80. The lowest BCUT2D eigenvalue weighted by Gasteiger charge is -2.27. The van der Waals surface area contributed by atoms with Gasteiger partial charge < -0.3 is 16.2 Å². The first kappa shape index (κ1) is 15.2. The summed E-state index contributed by atoms with van der Waals surface area (Å²) in [6.45, 7) is 1.86. The predicted octanol–water partition coefficient (Wildman–Crippen LogP) is 0.372. The highest BCUT2D eigenvalue weighted by Gasteiger charge is 2.33. The number of pyridine rings is 1. The van der Waals surface area contributed by atoms with E-state index in [1.807, 2.05) is 6.07 Å².